The SMILES string of the molecule is [CH2]CCCCCCC(C)CC=N. The van der Waals surface area contributed by atoms with E-state index < -0.39 is 0 Å². The largest absolute Gasteiger partial charge is 0.313 e. The van der Waals surface area contributed by atoms with Gasteiger partial charge in [-0.15, -0.1) is 0 Å². The van der Waals surface area contributed by atoms with Gasteiger partial charge in [0.05, 0.1) is 0 Å². The van der Waals surface area contributed by atoms with E-state index in [1.54, 1.807) is 0 Å². The van der Waals surface area contributed by atoms with Crippen LogP contribution in [0.1, 0.15) is 51.9 Å². The third kappa shape index (κ3) is 7.77. The molecule has 1 N–H and O–H groups in total. The lowest BCUT2D eigenvalue weighted by Gasteiger charge is -2.06. The molecule has 0 amide bonds. The molecule has 0 aliphatic carbocycles. The van der Waals surface area contributed by atoms with E-state index >= 15 is 0 Å². The Morgan fingerprint density at radius 2 is 1.92 bits per heavy atom. The normalized spacial score (nSPS) is 12.8. The fraction of sp³-hybridized carbons (Fsp3) is 0.818. The van der Waals surface area contributed by atoms with Gasteiger partial charge in [-0.1, -0.05) is 52.4 Å². The maximum atomic E-state index is 6.95. The molecule has 1 nitrogen and oxygen atoms in total. The molecule has 0 heterocycles. The molecule has 0 fully saturated rings. The highest BCUT2D eigenvalue weighted by molar-refractivity contribution is 5.53. The van der Waals surface area contributed by atoms with E-state index in [4.69, 9.17) is 5.41 Å². The zero-order chi connectivity index (χ0) is 9.23. The first-order valence-electron chi connectivity index (χ1n) is 5.09. The van der Waals surface area contributed by atoms with Crippen molar-refractivity contribution in [1.82, 2.24) is 0 Å². The summed E-state index contributed by atoms with van der Waals surface area (Å²) in [6.45, 7) is 6.05. The minimum atomic E-state index is 0.710. The minimum Gasteiger partial charge on any atom is -0.313 e. The highest BCUT2D eigenvalue weighted by Crippen LogP contribution is 2.12. The predicted octanol–water partition coefficient (Wildman–Crippen LogP) is 3.84. The van der Waals surface area contributed by atoms with E-state index in [2.05, 4.69) is 13.8 Å². The Labute approximate surface area is 77.1 Å². The maximum absolute atomic E-state index is 6.95. The van der Waals surface area contributed by atoms with Crippen molar-refractivity contribution >= 4 is 6.21 Å². The standard InChI is InChI=1S/C11H22N/c1-3-4-5-6-7-8-11(2)9-10-12/h10-12H,1,3-9H2,2H3. The molecule has 0 aromatic rings. The molecule has 0 bridgehead atoms. The molecule has 0 rings (SSSR count). The van der Waals surface area contributed by atoms with Gasteiger partial charge in [0.15, 0.2) is 0 Å². The lowest BCUT2D eigenvalue weighted by atomic mass is 10.00. The van der Waals surface area contributed by atoms with E-state index in [1.807, 2.05) is 0 Å². The second kappa shape index (κ2) is 8.76. The molecule has 0 spiro atoms. The van der Waals surface area contributed by atoms with Gasteiger partial charge in [0.25, 0.3) is 0 Å². The predicted molar refractivity (Wildman–Crippen MR) is 55.6 cm³/mol. The summed E-state index contributed by atoms with van der Waals surface area (Å²) in [6.07, 6.45) is 10.1. The molecular weight excluding hydrogens is 146 g/mol. The van der Waals surface area contributed by atoms with Crippen molar-refractivity contribution in [2.75, 3.05) is 0 Å². The Balaban J connectivity index is 3.02. The zero-order valence-electron chi connectivity index (χ0n) is 8.31. The first-order chi connectivity index (χ1) is 5.81. The monoisotopic (exact) mass is 168 g/mol. The van der Waals surface area contributed by atoms with Crippen molar-refractivity contribution in [3.63, 3.8) is 0 Å². The van der Waals surface area contributed by atoms with E-state index in [0.717, 1.165) is 12.8 Å². The number of rotatable bonds is 8. The summed E-state index contributed by atoms with van der Waals surface area (Å²) in [6, 6.07) is 0. The van der Waals surface area contributed by atoms with E-state index in [9.17, 15) is 0 Å². The van der Waals surface area contributed by atoms with Gasteiger partial charge in [0.1, 0.15) is 0 Å². The van der Waals surface area contributed by atoms with Crippen LogP contribution < -0.4 is 0 Å². The highest BCUT2D eigenvalue weighted by Gasteiger charge is 1.98. The maximum Gasteiger partial charge on any atom is -0.00451 e. The fourth-order valence-corrected chi connectivity index (χ4v) is 1.34. The quantitative estimate of drug-likeness (QED) is 0.420. The van der Waals surface area contributed by atoms with Crippen molar-refractivity contribution < 1.29 is 0 Å². The van der Waals surface area contributed by atoms with Crippen LogP contribution in [0.5, 0.6) is 0 Å². The molecule has 1 heteroatoms. The van der Waals surface area contributed by atoms with Crippen LogP contribution in [-0.4, -0.2) is 6.21 Å². The molecule has 1 atom stereocenters. The lowest BCUT2D eigenvalue weighted by Crippen LogP contribution is -1.94. The highest BCUT2D eigenvalue weighted by atomic mass is 14.3. The Morgan fingerprint density at radius 3 is 2.50 bits per heavy atom. The summed E-state index contributed by atoms with van der Waals surface area (Å²) in [5.41, 5.74) is 0. The van der Waals surface area contributed by atoms with Crippen molar-refractivity contribution in [2.24, 2.45) is 5.92 Å². The van der Waals surface area contributed by atoms with Crippen LogP contribution in [-0.2, 0) is 0 Å². The average Bonchev–Trinajstić information content (AvgIpc) is 2.05. The summed E-state index contributed by atoms with van der Waals surface area (Å²) < 4.78 is 0. The number of nitrogens with one attached hydrogen (secondary N) is 1. The van der Waals surface area contributed by atoms with Gasteiger partial charge in [-0.25, -0.2) is 0 Å². The third-order valence-electron chi connectivity index (χ3n) is 2.22. The van der Waals surface area contributed by atoms with Crippen molar-refractivity contribution in [3.05, 3.63) is 6.92 Å². The van der Waals surface area contributed by atoms with Crippen LogP contribution in [0, 0.1) is 18.3 Å². The fourth-order valence-electron chi connectivity index (χ4n) is 1.34. The summed E-state index contributed by atoms with van der Waals surface area (Å²) in [7, 11) is 0. The molecule has 0 saturated heterocycles. The van der Waals surface area contributed by atoms with Crippen molar-refractivity contribution in [1.29, 1.82) is 5.41 Å². The molecule has 0 aromatic carbocycles. The molecule has 0 aliphatic heterocycles. The van der Waals surface area contributed by atoms with Gasteiger partial charge >= 0.3 is 0 Å². The number of hydrogen-bond donors (Lipinski definition) is 1. The van der Waals surface area contributed by atoms with Crippen molar-refractivity contribution in [2.45, 2.75) is 51.9 Å². The Morgan fingerprint density at radius 1 is 1.25 bits per heavy atom. The molecule has 0 aromatic heterocycles. The van der Waals surface area contributed by atoms with Gasteiger partial charge in [0.2, 0.25) is 0 Å². The summed E-state index contributed by atoms with van der Waals surface area (Å²) in [5, 5.41) is 6.95. The van der Waals surface area contributed by atoms with Crippen LogP contribution in [0.2, 0.25) is 0 Å². The van der Waals surface area contributed by atoms with Gasteiger partial charge in [-0.3, -0.25) is 0 Å². The molecule has 0 aliphatic rings. The number of unbranched alkanes of at least 4 members (excludes halogenated alkanes) is 4. The molecule has 71 valence electrons. The minimum absolute atomic E-state index is 0.710. The molecule has 12 heavy (non-hydrogen) atoms. The summed E-state index contributed by atoms with van der Waals surface area (Å²) in [4.78, 5) is 0. The lowest BCUT2D eigenvalue weighted by molar-refractivity contribution is 0.502. The van der Waals surface area contributed by atoms with Crippen LogP contribution in [0.3, 0.4) is 0 Å². The Hall–Kier alpha value is -0.330. The van der Waals surface area contributed by atoms with Crippen LogP contribution >= 0.6 is 0 Å². The van der Waals surface area contributed by atoms with Gasteiger partial charge < -0.3 is 5.41 Å². The molecular formula is C11H22N. The zero-order valence-corrected chi connectivity index (χ0v) is 8.31. The summed E-state index contributed by atoms with van der Waals surface area (Å²) in [5.74, 6) is 0.710. The van der Waals surface area contributed by atoms with Gasteiger partial charge in [-0.2, -0.15) is 0 Å². The third-order valence-corrected chi connectivity index (χ3v) is 2.22. The second-order valence-electron chi connectivity index (χ2n) is 3.60. The first kappa shape index (κ1) is 11.7. The average molecular weight is 168 g/mol. The van der Waals surface area contributed by atoms with E-state index in [-0.39, 0.29) is 0 Å². The van der Waals surface area contributed by atoms with Crippen LogP contribution in [0.15, 0.2) is 0 Å². The number of hydrogen-bond acceptors (Lipinski definition) is 1. The van der Waals surface area contributed by atoms with Crippen molar-refractivity contribution in [3.8, 4) is 0 Å². The summed E-state index contributed by atoms with van der Waals surface area (Å²) >= 11 is 0. The first-order valence-corrected chi connectivity index (χ1v) is 5.09. The molecule has 1 radical (unpaired) electrons. The topological polar surface area (TPSA) is 23.9 Å². The second-order valence-corrected chi connectivity index (χ2v) is 3.60. The van der Waals surface area contributed by atoms with E-state index in [1.165, 1.54) is 38.3 Å². The molecule has 1 unspecified atom stereocenters. The van der Waals surface area contributed by atoms with E-state index in [0.29, 0.717) is 5.92 Å². The van der Waals surface area contributed by atoms with Crippen LogP contribution in [0.25, 0.3) is 0 Å². The smallest absolute Gasteiger partial charge is 0.00451 e. The van der Waals surface area contributed by atoms with Gasteiger partial charge in [-0.05, 0) is 18.6 Å². The van der Waals surface area contributed by atoms with Crippen LogP contribution in [0.4, 0.5) is 0 Å². The Kier molecular flexibility index (Phi) is 8.52. The Bertz CT molecular complexity index is 99.2. The van der Waals surface area contributed by atoms with Gasteiger partial charge in [0, 0.05) is 0 Å². The molecule has 0 saturated carbocycles.